The lowest BCUT2D eigenvalue weighted by molar-refractivity contribution is 0.0343. The molecule has 9 heteroatoms. The molecule has 1 aliphatic rings. The van der Waals surface area contributed by atoms with Crippen molar-refractivity contribution in [3.63, 3.8) is 0 Å². The number of nitrogens with one attached hydrogen (secondary N) is 2. The molecule has 200 valence electrons. The number of rotatable bonds is 8. The normalized spacial score (nSPS) is 18.1. The van der Waals surface area contributed by atoms with E-state index in [2.05, 4.69) is 20.5 Å². The molecular formula is C29H35N5O4. The first-order valence-electron chi connectivity index (χ1n) is 12.8. The van der Waals surface area contributed by atoms with Crippen LogP contribution in [0, 0.1) is 5.92 Å². The van der Waals surface area contributed by atoms with Gasteiger partial charge in [0.2, 0.25) is 0 Å². The van der Waals surface area contributed by atoms with Gasteiger partial charge in [0.25, 0.3) is 5.91 Å². The van der Waals surface area contributed by atoms with Gasteiger partial charge in [0.1, 0.15) is 6.10 Å². The number of aromatic nitrogens is 1. The van der Waals surface area contributed by atoms with Crippen LogP contribution in [0.5, 0.6) is 5.75 Å². The largest absolute Gasteiger partial charge is 0.486 e. The SMILES string of the molecule is C[C@H]1CN([C@@H](C)CO)C(=O)c2cccc(NC(=O)Nc3ccccc3)c2O[C@@H]1CN(C)Cc1ccncc1. The molecule has 2 heterocycles. The Hall–Kier alpha value is -3.95. The third kappa shape index (κ3) is 6.67. The van der Waals surface area contributed by atoms with Crippen LogP contribution in [-0.4, -0.2) is 70.7 Å². The number of likely N-dealkylation sites (N-methyl/N-ethyl adjacent to an activating group) is 1. The van der Waals surface area contributed by atoms with Gasteiger partial charge in [-0.2, -0.15) is 0 Å². The van der Waals surface area contributed by atoms with Crippen LogP contribution in [-0.2, 0) is 6.54 Å². The molecule has 0 saturated carbocycles. The van der Waals surface area contributed by atoms with Crippen LogP contribution in [0.4, 0.5) is 16.2 Å². The number of anilines is 2. The Kier molecular flexibility index (Phi) is 8.93. The average molecular weight is 518 g/mol. The number of carbonyl (C=O) groups excluding carboxylic acids is 2. The summed E-state index contributed by atoms with van der Waals surface area (Å²) in [7, 11) is 2.02. The minimum absolute atomic E-state index is 0.0489. The Labute approximate surface area is 223 Å². The summed E-state index contributed by atoms with van der Waals surface area (Å²) in [5.74, 6) is 0.0287. The zero-order chi connectivity index (χ0) is 27.1. The second kappa shape index (κ2) is 12.5. The van der Waals surface area contributed by atoms with Crippen LogP contribution in [0.15, 0.2) is 73.1 Å². The van der Waals surface area contributed by atoms with E-state index in [1.165, 1.54) is 0 Å². The monoisotopic (exact) mass is 517 g/mol. The Bertz CT molecular complexity index is 1220. The minimum Gasteiger partial charge on any atom is -0.486 e. The summed E-state index contributed by atoms with van der Waals surface area (Å²) >= 11 is 0. The molecule has 1 aliphatic heterocycles. The molecule has 0 fully saturated rings. The molecule has 0 radical (unpaired) electrons. The van der Waals surface area contributed by atoms with E-state index < -0.39 is 6.03 Å². The summed E-state index contributed by atoms with van der Waals surface area (Å²) in [4.78, 5) is 34.4. The van der Waals surface area contributed by atoms with Gasteiger partial charge in [-0.3, -0.25) is 14.7 Å². The van der Waals surface area contributed by atoms with Crippen LogP contribution >= 0.6 is 0 Å². The average Bonchev–Trinajstić information content (AvgIpc) is 2.91. The van der Waals surface area contributed by atoms with Gasteiger partial charge in [-0.1, -0.05) is 31.2 Å². The van der Waals surface area contributed by atoms with Gasteiger partial charge in [0.15, 0.2) is 5.75 Å². The molecule has 1 aromatic heterocycles. The van der Waals surface area contributed by atoms with E-state index in [1.54, 1.807) is 47.6 Å². The Morgan fingerprint density at radius 1 is 1.13 bits per heavy atom. The topological polar surface area (TPSA) is 107 Å². The van der Waals surface area contributed by atoms with E-state index in [0.29, 0.717) is 42.3 Å². The number of carbonyl (C=O) groups is 2. The summed E-state index contributed by atoms with van der Waals surface area (Å²) < 4.78 is 6.57. The Balaban J connectivity index is 1.63. The number of fused-ring (bicyclic) bond motifs is 1. The second-order valence-corrected chi connectivity index (χ2v) is 9.80. The van der Waals surface area contributed by atoms with Crippen molar-refractivity contribution in [1.29, 1.82) is 0 Å². The summed E-state index contributed by atoms with van der Waals surface area (Å²) in [5, 5.41) is 15.5. The molecule has 3 atom stereocenters. The fourth-order valence-electron chi connectivity index (χ4n) is 4.54. The highest BCUT2D eigenvalue weighted by atomic mass is 16.5. The number of urea groups is 1. The van der Waals surface area contributed by atoms with Crippen molar-refractivity contribution >= 4 is 23.3 Å². The fraction of sp³-hybridized carbons (Fsp3) is 0.345. The fourth-order valence-corrected chi connectivity index (χ4v) is 4.54. The zero-order valence-electron chi connectivity index (χ0n) is 22.0. The first-order chi connectivity index (χ1) is 18.4. The molecule has 0 saturated heterocycles. The van der Waals surface area contributed by atoms with Crippen molar-refractivity contribution < 1.29 is 19.4 Å². The maximum atomic E-state index is 13.6. The lowest BCUT2D eigenvalue weighted by Gasteiger charge is -2.38. The summed E-state index contributed by atoms with van der Waals surface area (Å²) in [6.07, 6.45) is 3.25. The number of benzene rings is 2. The van der Waals surface area contributed by atoms with Crippen molar-refractivity contribution in [1.82, 2.24) is 14.8 Å². The highest BCUT2D eigenvalue weighted by Crippen LogP contribution is 2.35. The summed E-state index contributed by atoms with van der Waals surface area (Å²) in [6, 6.07) is 17.4. The molecule has 3 amide bonds. The number of hydrogen-bond donors (Lipinski definition) is 3. The summed E-state index contributed by atoms with van der Waals surface area (Å²) in [6.45, 7) is 5.43. The van der Waals surface area contributed by atoms with Gasteiger partial charge in [0.05, 0.1) is 23.9 Å². The van der Waals surface area contributed by atoms with Gasteiger partial charge in [0, 0.05) is 43.6 Å². The van der Waals surface area contributed by atoms with Crippen molar-refractivity contribution in [3.8, 4) is 5.75 Å². The van der Waals surface area contributed by atoms with Crippen LogP contribution in [0.3, 0.4) is 0 Å². The van der Waals surface area contributed by atoms with Gasteiger partial charge in [-0.15, -0.1) is 0 Å². The number of pyridine rings is 1. The van der Waals surface area contributed by atoms with E-state index >= 15 is 0 Å². The van der Waals surface area contributed by atoms with Gasteiger partial charge < -0.3 is 25.4 Å². The number of hydrogen-bond acceptors (Lipinski definition) is 6. The molecule has 9 nitrogen and oxygen atoms in total. The van der Waals surface area contributed by atoms with E-state index in [0.717, 1.165) is 5.56 Å². The molecule has 4 rings (SSSR count). The number of para-hydroxylation sites is 2. The number of ether oxygens (including phenoxy) is 1. The minimum atomic E-state index is -0.442. The maximum absolute atomic E-state index is 13.6. The maximum Gasteiger partial charge on any atom is 0.323 e. The van der Waals surface area contributed by atoms with Crippen LogP contribution in [0.2, 0.25) is 0 Å². The van der Waals surface area contributed by atoms with Crippen molar-refractivity contribution in [3.05, 3.63) is 84.2 Å². The van der Waals surface area contributed by atoms with Crippen LogP contribution < -0.4 is 15.4 Å². The van der Waals surface area contributed by atoms with E-state index in [-0.39, 0.29) is 30.6 Å². The standard InChI is InChI=1S/C29H35N5O4/c1-20-16-34(21(2)19-35)28(36)24-10-7-11-25(32-29(37)31-23-8-5-4-6-9-23)27(24)38-26(20)18-33(3)17-22-12-14-30-15-13-22/h4-15,20-21,26,35H,16-19H2,1-3H3,(H2,31,32,37)/t20-,21-,26+/m0/s1. The van der Waals surface area contributed by atoms with E-state index in [1.807, 2.05) is 51.2 Å². The van der Waals surface area contributed by atoms with Gasteiger partial charge in [-0.05, 0) is 55.9 Å². The third-order valence-electron chi connectivity index (χ3n) is 6.66. The molecule has 0 bridgehead atoms. The molecular weight excluding hydrogens is 482 g/mol. The number of aliphatic hydroxyl groups is 1. The Morgan fingerprint density at radius 3 is 2.58 bits per heavy atom. The van der Waals surface area contributed by atoms with Gasteiger partial charge >= 0.3 is 6.03 Å². The van der Waals surface area contributed by atoms with E-state index in [4.69, 9.17) is 4.74 Å². The zero-order valence-corrected chi connectivity index (χ0v) is 22.0. The third-order valence-corrected chi connectivity index (χ3v) is 6.66. The van der Waals surface area contributed by atoms with E-state index in [9.17, 15) is 14.7 Å². The number of amides is 3. The second-order valence-electron chi connectivity index (χ2n) is 9.80. The Morgan fingerprint density at radius 2 is 1.87 bits per heavy atom. The number of nitrogens with zero attached hydrogens (tertiary/aromatic N) is 3. The highest BCUT2D eigenvalue weighted by Gasteiger charge is 2.34. The molecule has 0 unspecified atom stereocenters. The van der Waals surface area contributed by atoms with Gasteiger partial charge in [-0.25, -0.2) is 4.79 Å². The van der Waals surface area contributed by atoms with Crippen molar-refractivity contribution in [2.24, 2.45) is 5.92 Å². The number of aliphatic hydroxyl groups excluding tert-OH is 1. The first kappa shape index (κ1) is 27.1. The summed E-state index contributed by atoms with van der Waals surface area (Å²) in [5.41, 5.74) is 2.52. The molecule has 0 spiro atoms. The predicted octanol–water partition coefficient (Wildman–Crippen LogP) is 4.08. The lowest BCUT2D eigenvalue weighted by Crippen LogP contribution is -2.49. The molecule has 0 aliphatic carbocycles. The molecule has 38 heavy (non-hydrogen) atoms. The van der Waals surface area contributed by atoms with Crippen molar-refractivity contribution in [2.45, 2.75) is 32.5 Å². The molecule has 3 N–H and O–H groups in total. The quantitative estimate of drug-likeness (QED) is 0.416. The molecule has 2 aromatic carbocycles. The van der Waals surface area contributed by atoms with Crippen LogP contribution in [0.1, 0.15) is 29.8 Å². The highest BCUT2D eigenvalue weighted by molar-refractivity contribution is 6.04. The lowest BCUT2D eigenvalue weighted by atomic mass is 9.99. The predicted molar refractivity (Wildman–Crippen MR) is 147 cm³/mol. The smallest absolute Gasteiger partial charge is 0.323 e. The van der Waals surface area contributed by atoms with Crippen LogP contribution in [0.25, 0.3) is 0 Å². The van der Waals surface area contributed by atoms with Crippen molar-refractivity contribution in [2.75, 3.05) is 37.4 Å². The molecule has 3 aromatic rings. The first-order valence-corrected chi connectivity index (χ1v) is 12.8.